The molecule has 3 atom stereocenters. The summed E-state index contributed by atoms with van der Waals surface area (Å²) in [7, 11) is 3.57. The molecule has 0 saturated heterocycles. The van der Waals surface area contributed by atoms with Crippen molar-refractivity contribution in [3.63, 3.8) is 0 Å². The van der Waals surface area contributed by atoms with Crippen LogP contribution in [0.25, 0.3) is 0 Å². The van der Waals surface area contributed by atoms with Crippen molar-refractivity contribution in [2.45, 2.75) is 38.4 Å². The van der Waals surface area contributed by atoms with Gasteiger partial charge in [0.25, 0.3) is 0 Å². The Morgan fingerprint density at radius 3 is 2.28 bits per heavy atom. The molecule has 2 aliphatic carbocycles. The summed E-state index contributed by atoms with van der Waals surface area (Å²) < 4.78 is 0. The number of ketones is 1. The summed E-state index contributed by atoms with van der Waals surface area (Å²) in [5.74, 6) is 0.126. The van der Waals surface area contributed by atoms with Crippen molar-refractivity contribution in [1.82, 2.24) is 10.4 Å². The molecule has 0 radical (unpaired) electrons. The highest BCUT2D eigenvalue weighted by Crippen LogP contribution is 2.72. The minimum Gasteiger partial charge on any atom is -0.298 e. The summed E-state index contributed by atoms with van der Waals surface area (Å²) in [6.45, 7) is 6.10. The fourth-order valence-corrected chi connectivity index (χ4v) is 5.27. The third kappa shape index (κ3) is 1.29. The van der Waals surface area contributed by atoms with E-state index in [1.807, 2.05) is 6.92 Å². The zero-order valence-corrected chi connectivity index (χ0v) is 13.2. The Morgan fingerprint density at radius 1 is 1.33 bits per heavy atom. The van der Waals surface area contributed by atoms with E-state index in [-0.39, 0.29) is 21.9 Å². The van der Waals surface area contributed by atoms with Crippen molar-refractivity contribution >= 4 is 27.6 Å². The zero-order chi connectivity index (χ0) is 13.9. The Labute approximate surface area is 117 Å². The molecule has 0 aromatic carbocycles. The van der Waals surface area contributed by atoms with Crippen LogP contribution in [0.5, 0.6) is 0 Å². The number of carbonyl (C=O) groups excluding carboxylic acids is 2. The number of nitrogens with zero attached hydrogens (tertiary/aromatic N) is 1. The van der Waals surface area contributed by atoms with Crippen LogP contribution in [-0.2, 0) is 9.59 Å². The van der Waals surface area contributed by atoms with Crippen LogP contribution in [0.2, 0.25) is 0 Å². The molecular weight excluding hydrogens is 296 g/mol. The molecule has 2 fully saturated rings. The monoisotopic (exact) mass is 316 g/mol. The number of hydrogen-bond acceptors (Lipinski definition) is 3. The smallest absolute Gasteiger partial charge is 0.242 e. The second-order valence-corrected chi connectivity index (χ2v) is 7.41. The number of amides is 1. The van der Waals surface area contributed by atoms with E-state index >= 15 is 0 Å². The standard InChI is InChI=1S/C13H21BrN2O2/c1-11(2)12(3)6-7-13(11,8(14)9(12)17)10(18)15-16(4)5/h8H,6-7H2,1-5H3,(H,15,18)/t8-,12-,13+/m1/s1. The third-order valence-corrected chi connectivity index (χ3v) is 6.65. The summed E-state index contributed by atoms with van der Waals surface area (Å²) in [5, 5.41) is 1.64. The van der Waals surface area contributed by atoms with Crippen LogP contribution >= 0.6 is 15.9 Å². The SMILES string of the molecule is CN(C)NC(=O)[C@]12CC[C@](C)(C(=O)[C@H]1Br)C2(C)C. The molecule has 1 N–H and O–H groups in total. The highest BCUT2D eigenvalue weighted by molar-refractivity contribution is 9.10. The molecule has 4 nitrogen and oxygen atoms in total. The summed E-state index contributed by atoms with van der Waals surface area (Å²) in [6.07, 6.45) is 1.56. The number of nitrogens with one attached hydrogen (secondary N) is 1. The van der Waals surface area contributed by atoms with E-state index in [9.17, 15) is 9.59 Å². The van der Waals surface area contributed by atoms with E-state index in [4.69, 9.17) is 0 Å². The van der Waals surface area contributed by atoms with Gasteiger partial charge in [-0.1, -0.05) is 36.7 Å². The molecule has 18 heavy (non-hydrogen) atoms. The van der Waals surface area contributed by atoms with Crippen LogP contribution in [-0.4, -0.2) is 35.6 Å². The highest BCUT2D eigenvalue weighted by atomic mass is 79.9. The van der Waals surface area contributed by atoms with Gasteiger partial charge < -0.3 is 0 Å². The Bertz CT molecular complexity index is 421. The molecule has 0 aliphatic heterocycles. The van der Waals surface area contributed by atoms with Crippen molar-refractivity contribution < 1.29 is 9.59 Å². The molecule has 2 aliphatic rings. The maximum Gasteiger partial charge on any atom is 0.242 e. The molecule has 0 aromatic heterocycles. The van der Waals surface area contributed by atoms with Gasteiger partial charge in [-0.2, -0.15) is 0 Å². The van der Waals surface area contributed by atoms with Crippen LogP contribution < -0.4 is 5.43 Å². The molecule has 0 aromatic rings. The Hall–Kier alpha value is -0.420. The summed E-state index contributed by atoms with van der Waals surface area (Å²) in [6, 6.07) is 0. The fraction of sp³-hybridized carbons (Fsp3) is 0.846. The van der Waals surface area contributed by atoms with Gasteiger partial charge in [0.1, 0.15) is 0 Å². The van der Waals surface area contributed by atoms with Crippen LogP contribution in [0.1, 0.15) is 33.6 Å². The lowest BCUT2D eigenvalue weighted by atomic mass is 9.64. The van der Waals surface area contributed by atoms with Crippen molar-refractivity contribution in [2.24, 2.45) is 16.2 Å². The largest absolute Gasteiger partial charge is 0.298 e. The summed E-state index contributed by atoms with van der Waals surface area (Å²) in [4.78, 5) is 24.7. The molecule has 0 heterocycles. The van der Waals surface area contributed by atoms with Crippen molar-refractivity contribution in [1.29, 1.82) is 0 Å². The normalized spacial score (nSPS) is 41.5. The van der Waals surface area contributed by atoms with Crippen LogP contribution in [0, 0.1) is 16.2 Å². The van der Waals surface area contributed by atoms with E-state index in [1.54, 1.807) is 19.1 Å². The Kier molecular flexibility index (Phi) is 2.95. The van der Waals surface area contributed by atoms with E-state index in [0.29, 0.717) is 0 Å². The van der Waals surface area contributed by atoms with Crippen LogP contribution in [0.4, 0.5) is 0 Å². The number of rotatable bonds is 2. The fourth-order valence-electron chi connectivity index (χ4n) is 3.76. The lowest BCUT2D eigenvalue weighted by molar-refractivity contribution is -0.140. The third-order valence-electron chi connectivity index (χ3n) is 5.45. The molecule has 5 heteroatoms. The minimum absolute atomic E-state index is 0.0473. The first-order chi connectivity index (χ1) is 8.11. The first kappa shape index (κ1) is 14.0. The second-order valence-electron chi connectivity index (χ2n) is 6.49. The first-order valence-corrected chi connectivity index (χ1v) is 7.19. The Balaban J connectivity index is 2.49. The molecule has 1 amide bonds. The number of Topliss-reactive ketones (excluding diaryl/α,β-unsaturated/α-hetero) is 1. The molecule has 2 bridgehead atoms. The lowest BCUT2D eigenvalue weighted by Gasteiger charge is -2.40. The number of hydrogen-bond donors (Lipinski definition) is 1. The molecular formula is C13H21BrN2O2. The predicted octanol–water partition coefficient (Wildman–Crippen LogP) is 1.74. The van der Waals surface area contributed by atoms with Crippen LogP contribution in [0.15, 0.2) is 0 Å². The molecule has 0 spiro atoms. The quantitative estimate of drug-likeness (QED) is 0.623. The maximum absolute atomic E-state index is 12.6. The van der Waals surface area contributed by atoms with Crippen LogP contribution in [0.3, 0.4) is 0 Å². The van der Waals surface area contributed by atoms with Gasteiger partial charge in [0.15, 0.2) is 5.78 Å². The number of carbonyl (C=O) groups is 2. The van der Waals surface area contributed by atoms with Crippen molar-refractivity contribution in [2.75, 3.05) is 14.1 Å². The maximum atomic E-state index is 12.6. The topological polar surface area (TPSA) is 49.4 Å². The number of fused-ring (bicyclic) bond motifs is 2. The molecule has 102 valence electrons. The van der Waals surface area contributed by atoms with Crippen molar-refractivity contribution in [3.05, 3.63) is 0 Å². The summed E-state index contributed by atoms with van der Waals surface area (Å²) in [5.41, 5.74) is 1.48. The van der Waals surface area contributed by atoms with Gasteiger partial charge in [-0.15, -0.1) is 0 Å². The highest BCUT2D eigenvalue weighted by Gasteiger charge is 2.76. The molecule has 2 saturated carbocycles. The number of alkyl halides is 1. The lowest BCUT2D eigenvalue weighted by Crippen LogP contribution is -2.53. The Morgan fingerprint density at radius 2 is 1.89 bits per heavy atom. The molecule has 0 unspecified atom stereocenters. The number of hydrazine groups is 1. The van der Waals surface area contributed by atoms with Gasteiger partial charge in [-0.25, -0.2) is 5.01 Å². The van der Waals surface area contributed by atoms with Gasteiger partial charge in [0.05, 0.1) is 10.2 Å². The second kappa shape index (κ2) is 3.79. The minimum atomic E-state index is -0.636. The summed E-state index contributed by atoms with van der Waals surface area (Å²) >= 11 is 3.49. The average molecular weight is 317 g/mol. The van der Waals surface area contributed by atoms with Gasteiger partial charge in [-0.3, -0.25) is 15.0 Å². The van der Waals surface area contributed by atoms with E-state index < -0.39 is 10.8 Å². The number of halogens is 1. The zero-order valence-electron chi connectivity index (χ0n) is 11.6. The van der Waals surface area contributed by atoms with Gasteiger partial charge in [0.2, 0.25) is 5.91 Å². The van der Waals surface area contributed by atoms with E-state index in [0.717, 1.165) is 12.8 Å². The molecule has 2 rings (SSSR count). The van der Waals surface area contributed by atoms with Gasteiger partial charge >= 0.3 is 0 Å². The first-order valence-electron chi connectivity index (χ1n) is 6.28. The van der Waals surface area contributed by atoms with Gasteiger partial charge in [0, 0.05) is 19.5 Å². The predicted molar refractivity (Wildman–Crippen MR) is 73.1 cm³/mol. The van der Waals surface area contributed by atoms with E-state index in [1.165, 1.54) is 0 Å². The average Bonchev–Trinajstić information content (AvgIpc) is 2.51. The van der Waals surface area contributed by atoms with Crippen molar-refractivity contribution in [3.8, 4) is 0 Å². The van der Waals surface area contributed by atoms with E-state index in [2.05, 4.69) is 35.2 Å². The van der Waals surface area contributed by atoms with Gasteiger partial charge in [-0.05, 0) is 18.3 Å².